The summed E-state index contributed by atoms with van der Waals surface area (Å²) >= 11 is 0. The van der Waals surface area contributed by atoms with Crippen LogP contribution in [-0.2, 0) is 0 Å². The zero-order valence-corrected chi connectivity index (χ0v) is 12.3. The van der Waals surface area contributed by atoms with E-state index in [0.717, 1.165) is 0 Å². The van der Waals surface area contributed by atoms with E-state index < -0.39 is 11.8 Å². The summed E-state index contributed by atoms with van der Waals surface area (Å²) in [5.74, 6) is -1.77. The number of carboxylic acid groups (broad SMARTS) is 1. The molecule has 0 aliphatic rings. The number of carbonyl (C=O) groups is 2. The van der Waals surface area contributed by atoms with Crippen molar-refractivity contribution in [2.45, 2.75) is 0 Å². The molecule has 0 aromatic heterocycles. The fourth-order valence-corrected chi connectivity index (χ4v) is 1.63. The summed E-state index contributed by atoms with van der Waals surface area (Å²) in [6.07, 6.45) is 0. The number of phenolic OH excluding ortho intramolecular Hbond substituents is 1. The molecule has 4 nitrogen and oxygen atoms in total. The molecule has 0 radical (unpaired) electrons. The standard InChI is InChI=1S/C14H10O4.Na/c15-10-7-5-9(6-8-10)13(16)11-3-1-2-4-12(11)14(17)18;/h1-8,15H,(H,17,18);/q;+1/p-1. The van der Waals surface area contributed by atoms with Crippen LogP contribution in [0.15, 0.2) is 48.5 Å². The van der Waals surface area contributed by atoms with Crippen LogP contribution in [-0.4, -0.2) is 16.9 Å². The third-order valence-electron chi connectivity index (χ3n) is 2.52. The van der Waals surface area contributed by atoms with E-state index in [1.807, 2.05) is 0 Å². The monoisotopic (exact) mass is 264 g/mol. The Morgan fingerprint density at radius 2 is 1.42 bits per heavy atom. The molecule has 0 heterocycles. The van der Waals surface area contributed by atoms with Crippen molar-refractivity contribution in [1.29, 1.82) is 0 Å². The molecule has 2 aromatic carbocycles. The van der Waals surface area contributed by atoms with Gasteiger partial charge in [-0.25, -0.2) is 0 Å². The molecule has 0 unspecified atom stereocenters. The van der Waals surface area contributed by atoms with Gasteiger partial charge in [-0.2, -0.15) is 0 Å². The molecule has 19 heavy (non-hydrogen) atoms. The number of carbonyl (C=O) groups excluding carboxylic acids is 2. The second kappa shape index (κ2) is 6.52. The van der Waals surface area contributed by atoms with Crippen LogP contribution in [0.2, 0.25) is 0 Å². The largest absolute Gasteiger partial charge is 1.00 e. The number of phenols is 1. The van der Waals surface area contributed by atoms with Crippen molar-refractivity contribution in [2.75, 3.05) is 0 Å². The van der Waals surface area contributed by atoms with E-state index in [-0.39, 0.29) is 46.4 Å². The Morgan fingerprint density at radius 3 is 1.95 bits per heavy atom. The predicted molar refractivity (Wildman–Crippen MR) is 62.3 cm³/mol. The maximum absolute atomic E-state index is 12.1. The molecule has 0 atom stereocenters. The van der Waals surface area contributed by atoms with Gasteiger partial charge in [-0.3, -0.25) is 4.79 Å². The Labute approximate surface area is 132 Å². The van der Waals surface area contributed by atoms with Crippen LogP contribution in [0.25, 0.3) is 0 Å². The first kappa shape index (κ1) is 15.4. The summed E-state index contributed by atoms with van der Waals surface area (Å²) in [7, 11) is 0. The number of benzene rings is 2. The first-order valence-corrected chi connectivity index (χ1v) is 5.23. The SMILES string of the molecule is O=C([O-])c1ccccc1C(=O)c1ccc(O)cc1.[Na+]. The van der Waals surface area contributed by atoms with Crippen LogP contribution < -0.4 is 34.7 Å². The molecule has 2 rings (SSSR count). The average molecular weight is 264 g/mol. The summed E-state index contributed by atoms with van der Waals surface area (Å²) in [5, 5.41) is 20.0. The van der Waals surface area contributed by atoms with Gasteiger partial charge in [-0.1, -0.05) is 24.3 Å². The van der Waals surface area contributed by atoms with Gasteiger partial charge in [0.25, 0.3) is 0 Å². The van der Waals surface area contributed by atoms with E-state index in [1.54, 1.807) is 6.07 Å². The van der Waals surface area contributed by atoms with Crippen molar-refractivity contribution in [3.63, 3.8) is 0 Å². The summed E-state index contributed by atoms with van der Waals surface area (Å²) in [5.41, 5.74) is 0.236. The number of hydrogen-bond donors (Lipinski definition) is 1. The molecule has 0 saturated carbocycles. The molecule has 90 valence electrons. The predicted octanol–water partition coefficient (Wildman–Crippen LogP) is -2.01. The molecule has 0 fully saturated rings. The summed E-state index contributed by atoms with van der Waals surface area (Å²) in [6.45, 7) is 0. The molecule has 0 aliphatic heterocycles. The normalized spacial score (nSPS) is 9.47. The molecular weight excluding hydrogens is 255 g/mol. The first-order valence-electron chi connectivity index (χ1n) is 5.23. The number of carboxylic acids is 1. The number of ketones is 1. The topological polar surface area (TPSA) is 77.4 Å². The minimum Gasteiger partial charge on any atom is -0.545 e. The van der Waals surface area contributed by atoms with E-state index in [4.69, 9.17) is 5.11 Å². The molecular formula is C14H9NaO4. The molecule has 0 aliphatic carbocycles. The van der Waals surface area contributed by atoms with E-state index in [1.165, 1.54) is 42.5 Å². The third-order valence-corrected chi connectivity index (χ3v) is 2.52. The van der Waals surface area contributed by atoms with Crippen LogP contribution in [0.4, 0.5) is 0 Å². The molecule has 0 saturated heterocycles. The van der Waals surface area contributed by atoms with Crippen LogP contribution in [0.5, 0.6) is 5.75 Å². The Bertz CT molecular complexity index is 605. The second-order valence-corrected chi connectivity index (χ2v) is 3.71. The van der Waals surface area contributed by atoms with Gasteiger partial charge in [-0.15, -0.1) is 0 Å². The van der Waals surface area contributed by atoms with E-state index in [2.05, 4.69) is 0 Å². The number of hydrogen-bond acceptors (Lipinski definition) is 4. The van der Waals surface area contributed by atoms with Gasteiger partial charge >= 0.3 is 29.6 Å². The Hall–Kier alpha value is -1.62. The summed E-state index contributed by atoms with van der Waals surface area (Å²) in [6, 6.07) is 11.5. The maximum Gasteiger partial charge on any atom is 1.00 e. The average Bonchev–Trinajstić information content (AvgIpc) is 2.39. The Morgan fingerprint density at radius 1 is 0.895 bits per heavy atom. The minimum atomic E-state index is -1.39. The Balaban J connectivity index is 0.00000180. The van der Waals surface area contributed by atoms with E-state index >= 15 is 0 Å². The van der Waals surface area contributed by atoms with Gasteiger partial charge in [0.2, 0.25) is 0 Å². The summed E-state index contributed by atoms with van der Waals surface area (Å²) in [4.78, 5) is 23.0. The molecule has 5 heteroatoms. The smallest absolute Gasteiger partial charge is 0.545 e. The van der Waals surface area contributed by atoms with Gasteiger partial charge in [-0.05, 0) is 24.3 Å². The van der Waals surface area contributed by atoms with Crippen molar-refractivity contribution in [1.82, 2.24) is 0 Å². The number of aromatic hydroxyl groups is 1. The quantitative estimate of drug-likeness (QED) is 0.513. The van der Waals surface area contributed by atoms with Gasteiger partial charge in [0.15, 0.2) is 5.78 Å². The molecule has 0 spiro atoms. The van der Waals surface area contributed by atoms with Gasteiger partial charge < -0.3 is 15.0 Å². The van der Waals surface area contributed by atoms with Crippen LogP contribution in [0.3, 0.4) is 0 Å². The fourth-order valence-electron chi connectivity index (χ4n) is 1.63. The van der Waals surface area contributed by atoms with Crippen molar-refractivity contribution in [3.8, 4) is 5.75 Å². The van der Waals surface area contributed by atoms with Gasteiger partial charge in [0.1, 0.15) is 5.75 Å². The van der Waals surface area contributed by atoms with Crippen molar-refractivity contribution < 1.29 is 49.4 Å². The van der Waals surface area contributed by atoms with Crippen LogP contribution in [0.1, 0.15) is 26.3 Å². The number of aromatic carboxylic acids is 1. The molecule has 2 aromatic rings. The molecule has 1 N–H and O–H groups in total. The van der Waals surface area contributed by atoms with Crippen molar-refractivity contribution >= 4 is 11.8 Å². The van der Waals surface area contributed by atoms with Gasteiger partial charge in [0.05, 0.1) is 5.97 Å². The third kappa shape index (κ3) is 3.44. The van der Waals surface area contributed by atoms with Crippen LogP contribution >= 0.6 is 0 Å². The van der Waals surface area contributed by atoms with Gasteiger partial charge in [0, 0.05) is 16.7 Å². The van der Waals surface area contributed by atoms with Crippen LogP contribution in [0, 0.1) is 0 Å². The van der Waals surface area contributed by atoms with Crippen molar-refractivity contribution in [3.05, 3.63) is 65.2 Å². The molecule has 0 amide bonds. The number of rotatable bonds is 3. The van der Waals surface area contributed by atoms with Crippen molar-refractivity contribution in [2.24, 2.45) is 0 Å². The zero-order valence-electron chi connectivity index (χ0n) is 10.3. The fraction of sp³-hybridized carbons (Fsp3) is 0. The Kier molecular flexibility index (Phi) is 5.30. The first-order chi connectivity index (χ1) is 8.59. The zero-order chi connectivity index (χ0) is 13.1. The summed E-state index contributed by atoms with van der Waals surface area (Å²) < 4.78 is 0. The maximum atomic E-state index is 12.1. The van der Waals surface area contributed by atoms with E-state index in [0.29, 0.717) is 5.56 Å². The minimum absolute atomic E-state index is 0. The molecule has 0 bridgehead atoms. The second-order valence-electron chi connectivity index (χ2n) is 3.71. The van der Waals surface area contributed by atoms with E-state index in [9.17, 15) is 14.7 Å².